The first-order valence-corrected chi connectivity index (χ1v) is 13.1. The number of hydrogen-bond donors (Lipinski definition) is 4. The fourth-order valence-corrected chi connectivity index (χ4v) is 6.49. The van der Waals surface area contributed by atoms with Crippen molar-refractivity contribution < 1.29 is 25.2 Å². The van der Waals surface area contributed by atoms with Crippen molar-refractivity contribution in [2.45, 2.75) is 36.3 Å². The van der Waals surface area contributed by atoms with Crippen molar-refractivity contribution in [1.82, 2.24) is 39.0 Å². The van der Waals surface area contributed by atoms with Crippen LogP contribution < -0.4 is 9.80 Å². The topological polar surface area (TPSA) is 184 Å². The molecule has 1 spiro atoms. The molecule has 4 N–H and O–H groups in total. The molecule has 0 unspecified atom stereocenters. The summed E-state index contributed by atoms with van der Waals surface area (Å²) in [5.74, 6) is 0.262. The second-order valence-electron chi connectivity index (χ2n) is 11.1. The Morgan fingerprint density at radius 2 is 1.25 bits per heavy atom. The van der Waals surface area contributed by atoms with Crippen LogP contribution in [0.4, 0.5) is 11.6 Å². The van der Waals surface area contributed by atoms with E-state index < -0.39 is 41.7 Å². The third-order valence-corrected chi connectivity index (χ3v) is 8.40. The van der Waals surface area contributed by atoms with Gasteiger partial charge in [0.25, 0.3) is 0 Å². The normalized spacial score (nSPS) is 30.5. The lowest BCUT2D eigenvalue weighted by molar-refractivity contribution is -0.232. The molecule has 15 nitrogen and oxygen atoms in total. The van der Waals surface area contributed by atoms with Crippen molar-refractivity contribution in [3.63, 3.8) is 0 Å². The van der Waals surface area contributed by atoms with E-state index in [0.717, 1.165) is 0 Å². The highest BCUT2D eigenvalue weighted by Gasteiger charge is 2.63. The first kappa shape index (κ1) is 26.7. The number of ether oxygens (including phenoxy) is 1. The third-order valence-electron chi connectivity index (χ3n) is 8.40. The number of aliphatic hydroxyl groups excluding tert-OH is 4. The maximum absolute atomic E-state index is 12.0. The zero-order valence-corrected chi connectivity index (χ0v) is 22.8. The predicted octanol–water partition coefficient (Wildman–Crippen LogP) is -1.01. The van der Waals surface area contributed by atoms with E-state index in [1.807, 2.05) is 38.0 Å². The van der Waals surface area contributed by atoms with Crippen LogP contribution in [-0.2, 0) is 4.74 Å². The van der Waals surface area contributed by atoms with Crippen LogP contribution in [0.2, 0.25) is 0 Å². The van der Waals surface area contributed by atoms with Gasteiger partial charge in [0.2, 0.25) is 0 Å². The molecule has 2 fully saturated rings. The summed E-state index contributed by atoms with van der Waals surface area (Å²) < 4.78 is 9.74. The highest BCUT2D eigenvalue weighted by Crippen LogP contribution is 2.52. The Morgan fingerprint density at radius 3 is 1.70 bits per heavy atom. The summed E-state index contributed by atoms with van der Waals surface area (Å²) in [5, 5.41) is 44.7. The molecule has 0 radical (unpaired) electrons. The third kappa shape index (κ3) is 3.76. The Balaban J connectivity index is 1.43. The van der Waals surface area contributed by atoms with Gasteiger partial charge in [0, 0.05) is 46.6 Å². The van der Waals surface area contributed by atoms with Gasteiger partial charge in [-0.15, -0.1) is 0 Å². The molecule has 0 aromatic carbocycles. The van der Waals surface area contributed by atoms with E-state index in [0.29, 0.717) is 34.0 Å². The van der Waals surface area contributed by atoms with E-state index in [2.05, 4.69) is 29.9 Å². The zero-order valence-electron chi connectivity index (χ0n) is 22.8. The average molecular weight is 555 g/mol. The first-order valence-electron chi connectivity index (χ1n) is 13.1. The highest BCUT2D eigenvalue weighted by molar-refractivity contribution is 5.84. The van der Waals surface area contributed by atoms with Crippen molar-refractivity contribution in [2.24, 2.45) is 11.8 Å². The number of aliphatic hydroxyl groups is 4. The van der Waals surface area contributed by atoms with E-state index in [1.165, 1.54) is 12.7 Å². The lowest BCUT2D eigenvalue weighted by atomic mass is 9.79. The SMILES string of the molecule is CN(C)c1ncnc2c1ncn2[C@H]1[C@@H](CO)C[C@@]2(OC[C@H](CO)[C@H](n3cnc4c(N(C)C)ncnc43)[C@@H]2O)[C@@H]1O. The Bertz CT molecular complexity index is 1520. The van der Waals surface area contributed by atoms with E-state index in [9.17, 15) is 20.4 Å². The molecule has 4 aromatic heterocycles. The van der Waals surface area contributed by atoms with Crippen molar-refractivity contribution in [3.8, 4) is 0 Å². The Hall–Kier alpha value is -3.50. The van der Waals surface area contributed by atoms with Crippen molar-refractivity contribution >= 4 is 34.0 Å². The Morgan fingerprint density at radius 1 is 0.775 bits per heavy atom. The number of imidazole rings is 2. The molecule has 1 aliphatic heterocycles. The molecule has 0 amide bonds. The molecule has 15 heteroatoms. The van der Waals surface area contributed by atoms with Gasteiger partial charge in [-0.1, -0.05) is 0 Å². The van der Waals surface area contributed by atoms with Gasteiger partial charge in [-0.05, 0) is 6.42 Å². The van der Waals surface area contributed by atoms with Gasteiger partial charge in [-0.25, -0.2) is 29.9 Å². The largest absolute Gasteiger partial charge is 0.396 e. The molecule has 6 rings (SSSR count). The van der Waals surface area contributed by atoms with E-state index in [-0.39, 0.29) is 26.2 Å². The van der Waals surface area contributed by atoms with Gasteiger partial charge in [-0.2, -0.15) is 0 Å². The molecule has 214 valence electrons. The minimum Gasteiger partial charge on any atom is -0.396 e. The molecule has 7 atom stereocenters. The number of rotatable bonds is 6. The van der Waals surface area contributed by atoms with Crippen molar-refractivity contribution in [2.75, 3.05) is 57.8 Å². The minimum atomic E-state index is -1.45. The molecular weight excluding hydrogens is 520 g/mol. The molecule has 0 bridgehead atoms. The van der Waals surface area contributed by atoms with E-state index >= 15 is 0 Å². The fraction of sp³-hybridized carbons (Fsp3) is 0.600. The van der Waals surface area contributed by atoms with Gasteiger partial charge in [0.05, 0.1) is 38.0 Å². The maximum atomic E-state index is 12.0. The van der Waals surface area contributed by atoms with Gasteiger partial charge < -0.3 is 44.1 Å². The smallest absolute Gasteiger partial charge is 0.165 e. The van der Waals surface area contributed by atoms with Crippen LogP contribution >= 0.6 is 0 Å². The predicted molar refractivity (Wildman–Crippen MR) is 144 cm³/mol. The summed E-state index contributed by atoms with van der Waals surface area (Å²) in [7, 11) is 7.41. The summed E-state index contributed by atoms with van der Waals surface area (Å²) in [5.41, 5.74) is 0.658. The number of anilines is 2. The number of hydrogen-bond acceptors (Lipinski definition) is 13. The van der Waals surface area contributed by atoms with Gasteiger partial charge in [0.1, 0.15) is 30.5 Å². The summed E-state index contributed by atoms with van der Waals surface area (Å²) in [6, 6.07) is -1.41. The lowest BCUT2D eigenvalue weighted by Gasteiger charge is -2.48. The molecule has 1 saturated heterocycles. The van der Waals surface area contributed by atoms with Gasteiger partial charge >= 0.3 is 0 Å². The minimum absolute atomic E-state index is 0.0725. The molecule has 5 heterocycles. The number of aromatic nitrogens is 8. The Kier molecular flexibility index (Phi) is 6.58. The molecule has 40 heavy (non-hydrogen) atoms. The second-order valence-corrected chi connectivity index (χ2v) is 11.1. The first-order chi connectivity index (χ1) is 19.2. The van der Waals surface area contributed by atoms with Crippen molar-refractivity contribution in [3.05, 3.63) is 25.3 Å². The van der Waals surface area contributed by atoms with Crippen molar-refractivity contribution in [1.29, 1.82) is 0 Å². The second kappa shape index (κ2) is 9.85. The zero-order chi connectivity index (χ0) is 28.3. The van der Waals surface area contributed by atoms with Gasteiger partial charge in [0.15, 0.2) is 34.0 Å². The molecule has 4 aromatic rings. The van der Waals surface area contributed by atoms with Crippen LogP contribution in [0.3, 0.4) is 0 Å². The lowest BCUT2D eigenvalue weighted by Crippen LogP contribution is -2.61. The van der Waals surface area contributed by atoms with E-state index in [1.54, 1.807) is 21.8 Å². The van der Waals surface area contributed by atoms with Gasteiger partial charge in [-0.3, -0.25) is 0 Å². The monoisotopic (exact) mass is 554 g/mol. The fourth-order valence-electron chi connectivity index (χ4n) is 6.49. The molecule has 2 aliphatic rings. The van der Waals surface area contributed by atoms with Crippen LogP contribution in [-0.4, -0.2) is 125 Å². The van der Waals surface area contributed by atoms with Crippen LogP contribution in [0, 0.1) is 11.8 Å². The van der Waals surface area contributed by atoms with Crippen LogP contribution in [0.25, 0.3) is 22.3 Å². The molecular formula is C25H34N10O5. The highest BCUT2D eigenvalue weighted by atomic mass is 16.5. The standard InChI is InChI=1S/C25H34N10O5/c1-32(2)21-15-23(28-9-26-21)34(11-30-15)17-13(6-36)5-25(19(17)38)20(39)18(14(7-37)8-40-25)35-12-31-16-22(33(3)4)27-10-29-24(16)35/h9-14,17-20,36-39H,5-8H2,1-4H3/t13-,14+,17+,18+,19-,20+,25-/m1/s1. The summed E-state index contributed by atoms with van der Waals surface area (Å²) in [6.07, 6.45) is 3.68. The van der Waals surface area contributed by atoms with Crippen LogP contribution in [0.15, 0.2) is 25.3 Å². The van der Waals surface area contributed by atoms with E-state index in [4.69, 9.17) is 4.74 Å². The maximum Gasteiger partial charge on any atom is 0.165 e. The quantitative estimate of drug-likeness (QED) is 0.228. The number of nitrogens with zero attached hydrogens (tertiary/aromatic N) is 10. The molecule has 1 saturated carbocycles. The Labute approximate surface area is 229 Å². The molecule has 1 aliphatic carbocycles. The summed E-state index contributed by atoms with van der Waals surface area (Å²) in [4.78, 5) is 30.2. The van der Waals surface area contributed by atoms with Crippen LogP contribution in [0.5, 0.6) is 0 Å². The average Bonchev–Trinajstić information content (AvgIpc) is 3.64. The number of fused-ring (bicyclic) bond motifs is 2. The summed E-state index contributed by atoms with van der Waals surface area (Å²) >= 11 is 0. The van der Waals surface area contributed by atoms with Crippen LogP contribution in [0.1, 0.15) is 18.5 Å². The summed E-state index contributed by atoms with van der Waals surface area (Å²) in [6.45, 7) is -0.447.